The van der Waals surface area contributed by atoms with E-state index in [1.165, 1.54) is 4.31 Å². The zero-order valence-corrected chi connectivity index (χ0v) is 13.6. The molecule has 1 saturated heterocycles. The highest BCUT2D eigenvalue weighted by molar-refractivity contribution is 7.89. The fraction of sp³-hybridized carbons (Fsp3) is 0.923. The first kappa shape index (κ1) is 17.4. The van der Waals surface area contributed by atoms with Gasteiger partial charge in [0, 0.05) is 32.7 Å². The average Bonchev–Trinajstić information content (AvgIpc) is 2.49. The smallest absolute Gasteiger partial charge is 0.230 e. The first-order valence-corrected chi connectivity index (χ1v) is 8.95. The van der Waals surface area contributed by atoms with E-state index in [0.717, 1.165) is 0 Å². The van der Waals surface area contributed by atoms with Gasteiger partial charge in [-0.15, -0.1) is 0 Å². The number of nitrogens with two attached hydrogens (primary N) is 1. The second-order valence-electron chi connectivity index (χ2n) is 5.28. The normalized spacial score (nSPS) is 18.3. The molecule has 1 fully saturated rings. The van der Waals surface area contributed by atoms with Crippen molar-refractivity contribution in [3.8, 4) is 0 Å². The maximum Gasteiger partial charge on any atom is 0.230 e. The maximum absolute atomic E-state index is 12.6. The summed E-state index contributed by atoms with van der Waals surface area (Å²) in [5.41, 5.74) is 5.31. The fourth-order valence-electron chi connectivity index (χ4n) is 2.62. The first-order chi connectivity index (χ1) is 9.36. The van der Waals surface area contributed by atoms with Crippen molar-refractivity contribution in [2.45, 2.75) is 33.6 Å². The lowest BCUT2D eigenvalue weighted by molar-refractivity contribution is -0.143. The van der Waals surface area contributed by atoms with Gasteiger partial charge in [0.2, 0.25) is 15.9 Å². The van der Waals surface area contributed by atoms with Gasteiger partial charge in [0.25, 0.3) is 0 Å². The molecule has 0 aliphatic carbocycles. The highest BCUT2D eigenvalue weighted by Gasteiger charge is 2.38. The van der Waals surface area contributed by atoms with Gasteiger partial charge in [0.1, 0.15) is 0 Å². The molecule has 0 aromatic heterocycles. The maximum atomic E-state index is 12.6. The van der Waals surface area contributed by atoms with Crippen LogP contribution >= 0.6 is 0 Å². The molecule has 0 saturated carbocycles. The number of amides is 1. The zero-order valence-electron chi connectivity index (χ0n) is 12.8. The largest absolute Gasteiger partial charge is 0.340 e. The molecule has 0 radical (unpaired) electrons. The van der Waals surface area contributed by atoms with Crippen molar-refractivity contribution in [2.75, 3.05) is 38.5 Å². The predicted octanol–water partition coefficient (Wildman–Crippen LogP) is 0.245. The monoisotopic (exact) mass is 305 g/mol. The fourth-order valence-corrected chi connectivity index (χ4v) is 3.70. The van der Waals surface area contributed by atoms with E-state index in [9.17, 15) is 13.2 Å². The van der Waals surface area contributed by atoms with Gasteiger partial charge in [-0.25, -0.2) is 8.42 Å². The summed E-state index contributed by atoms with van der Waals surface area (Å²) < 4.78 is 25.1. The summed E-state index contributed by atoms with van der Waals surface area (Å²) in [5, 5.41) is 0. The van der Waals surface area contributed by atoms with Crippen LogP contribution in [0, 0.1) is 5.41 Å². The zero-order chi connectivity index (χ0) is 15.4. The Morgan fingerprint density at radius 2 is 1.60 bits per heavy atom. The van der Waals surface area contributed by atoms with Crippen LogP contribution in [0.25, 0.3) is 0 Å². The summed E-state index contributed by atoms with van der Waals surface area (Å²) in [6.07, 6.45) is 1.43. The number of sulfonamides is 1. The molecule has 0 unspecified atom stereocenters. The van der Waals surface area contributed by atoms with Gasteiger partial charge >= 0.3 is 0 Å². The molecule has 0 aromatic carbocycles. The van der Waals surface area contributed by atoms with E-state index in [1.54, 1.807) is 11.8 Å². The van der Waals surface area contributed by atoms with Crippen LogP contribution in [0.4, 0.5) is 0 Å². The topological polar surface area (TPSA) is 83.7 Å². The molecule has 0 aromatic rings. The number of piperazine rings is 1. The molecular weight excluding hydrogens is 278 g/mol. The van der Waals surface area contributed by atoms with Gasteiger partial charge in [-0.1, -0.05) is 13.8 Å². The van der Waals surface area contributed by atoms with Crippen molar-refractivity contribution in [3.05, 3.63) is 0 Å². The van der Waals surface area contributed by atoms with E-state index in [-0.39, 0.29) is 11.7 Å². The van der Waals surface area contributed by atoms with Crippen LogP contribution in [-0.2, 0) is 14.8 Å². The lowest BCUT2D eigenvalue weighted by Crippen LogP contribution is -2.55. The van der Waals surface area contributed by atoms with Crippen LogP contribution < -0.4 is 5.73 Å². The second-order valence-corrected chi connectivity index (χ2v) is 7.54. The molecule has 1 aliphatic heterocycles. The third-order valence-electron chi connectivity index (χ3n) is 4.48. The SMILES string of the molecule is CCC(CC)(CN)C(=O)N1CCN(S(=O)(=O)CC)CC1. The van der Waals surface area contributed by atoms with Crippen LogP contribution in [-0.4, -0.2) is 62.0 Å². The van der Waals surface area contributed by atoms with Crippen molar-refractivity contribution in [3.63, 3.8) is 0 Å². The van der Waals surface area contributed by atoms with Crippen LogP contribution in [0.15, 0.2) is 0 Å². The van der Waals surface area contributed by atoms with Crippen molar-refractivity contribution < 1.29 is 13.2 Å². The van der Waals surface area contributed by atoms with E-state index >= 15 is 0 Å². The molecule has 20 heavy (non-hydrogen) atoms. The number of hydrogen-bond donors (Lipinski definition) is 1. The third kappa shape index (κ3) is 3.32. The number of hydrogen-bond acceptors (Lipinski definition) is 4. The molecule has 1 rings (SSSR count). The summed E-state index contributed by atoms with van der Waals surface area (Å²) in [7, 11) is -3.15. The highest BCUT2D eigenvalue weighted by atomic mass is 32.2. The van der Waals surface area contributed by atoms with Crippen molar-refractivity contribution in [1.82, 2.24) is 9.21 Å². The Balaban J connectivity index is 2.72. The van der Waals surface area contributed by atoms with Gasteiger partial charge < -0.3 is 10.6 Å². The molecule has 0 spiro atoms. The molecule has 118 valence electrons. The standard InChI is InChI=1S/C13H27N3O3S/c1-4-13(5-2,11-14)12(17)15-7-9-16(10-8-15)20(18,19)6-3/h4-11,14H2,1-3H3. The lowest BCUT2D eigenvalue weighted by atomic mass is 9.81. The van der Waals surface area contributed by atoms with E-state index < -0.39 is 15.4 Å². The van der Waals surface area contributed by atoms with Crippen molar-refractivity contribution >= 4 is 15.9 Å². The lowest BCUT2D eigenvalue weighted by Gasteiger charge is -2.39. The number of carbonyl (C=O) groups is 1. The minimum absolute atomic E-state index is 0.0681. The van der Waals surface area contributed by atoms with Gasteiger partial charge in [-0.3, -0.25) is 4.79 Å². The molecular formula is C13H27N3O3S. The highest BCUT2D eigenvalue weighted by Crippen LogP contribution is 2.28. The van der Waals surface area contributed by atoms with Crippen LogP contribution in [0.2, 0.25) is 0 Å². The summed E-state index contributed by atoms with van der Waals surface area (Å²) >= 11 is 0. The minimum Gasteiger partial charge on any atom is -0.340 e. The third-order valence-corrected chi connectivity index (χ3v) is 6.36. The Morgan fingerprint density at radius 1 is 1.10 bits per heavy atom. The molecule has 0 bridgehead atoms. The second kappa shape index (κ2) is 6.87. The molecule has 1 amide bonds. The average molecular weight is 305 g/mol. The molecule has 2 N–H and O–H groups in total. The van der Waals surface area contributed by atoms with Gasteiger partial charge in [0.05, 0.1) is 11.2 Å². The van der Waals surface area contributed by atoms with E-state index in [1.807, 2.05) is 13.8 Å². The summed E-state index contributed by atoms with van der Waals surface area (Å²) in [6.45, 7) is 7.62. The van der Waals surface area contributed by atoms with Crippen LogP contribution in [0.1, 0.15) is 33.6 Å². The molecule has 7 heteroatoms. The number of rotatable bonds is 6. The molecule has 1 aliphatic rings. The van der Waals surface area contributed by atoms with Crippen molar-refractivity contribution in [2.24, 2.45) is 11.1 Å². The van der Waals surface area contributed by atoms with Crippen LogP contribution in [0.3, 0.4) is 0 Å². The number of carbonyl (C=O) groups excluding carboxylic acids is 1. The Labute approximate surface area is 122 Å². The Hall–Kier alpha value is -0.660. The molecule has 0 atom stereocenters. The van der Waals surface area contributed by atoms with Crippen molar-refractivity contribution in [1.29, 1.82) is 0 Å². The van der Waals surface area contributed by atoms with E-state index in [2.05, 4.69) is 0 Å². The Kier molecular flexibility index (Phi) is 5.97. The van der Waals surface area contributed by atoms with E-state index in [0.29, 0.717) is 45.6 Å². The summed E-state index contributed by atoms with van der Waals surface area (Å²) in [4.78, 5) is 14.4. The predicted molar refractivity (Wildman–Crippen MR) is 79.7 cm³/mol. The van der Waals surface area contributed by atoms with Gasteiger partial charge in [0.15, 0.2) is 0 Å². The Morgan fingerprint density at radius 3 is 1.95 bits per heavy atom. The minimum atomic E-state index is -3.15. The quantitative estimate of drug-likeness (QED) is 0.762. The molecule has 6 nitrogen and oxygen atoms in total. The number of nitrogens with zero attached hydrogens (tertiary/aromatic N) is 2. The summed E-state index contributed by atoms with van der Waals surface area (Å²) in [5.74, 6) is 0.177. The van der Waals surface area contributed by atoms with Gasteiger partial charge in [-0.05, 0) is 19.8 Å². The van der Waals surface area contributed by atoms with Gasteiger partial charge in [-0.2, -0.15) is 4.31 Å². The first-order valence-electron chi connectivity index (χ1n) is 7.34. The summed E-state index contributed by atoms with van der Waals surface area (Å²) in [6, 6.07) is 0. The Bertz CT molecular complexity index is 416. The van der Waals surface area contributed by atoms with E-state index in [4.69, 9.17) is 5.73 Å². The van der Waals surface area contributed by atoms with Crippen LogP contribution in [0.5, 0.6) is 0 Å². The molecule has 1 heterocycles.